The van der Waals surface area contributed by atoms with Crippen molar-refractivity contribution in [3.8, 4) is 0 Å². The van der Waals surface area contributed by atoms with Crippen LogP contribution in [-0.2, 0) is 0 Å². The number of carbonyl (C=O) groups is 1. The molecule has 23 heavy (non-hydrogen) atoms. The number of halogens is 3. The predicted octanol–water partition coefficient (Wildman–Crippen LogP) is 3.07. The van der Waals surface area contributed by atoms with Gasteiger partial charge in [-0.2, -0.15) is 0 Å². The molecule has 0 radical (unpaired) electrons. The molecule has 1 amide bonds. The number of benzene rings is 2. The maximum Gasteiger partial charge on any atom is 0.256 e. The zero-order chi connectivity index (χ0) is 16.4. The average molecular weight is 320 g/mol. The molecule has 0 bridgehead atoms. The van der Waals surface area contributed by atoms with Crippen molar-refractivity contribution in [1.29, 1.82) is 0 Å². The summed E-state index contributed by atoms with van der Waals surface area (Å²) in [6, 6.07) is 9.10. The third kappa shape index (κ3) is 3.31. The quantitative estimate of drug-likeness (QED) is 0.849. The van der Waals surface area contributed by atoms with Gasteiger partial charge in [-0.05, 0) is 36.4 Å². The van der Waals surface area contributed by atoms with Gasteiger partial charge in [0.2, 0.25) is 0 Å². The molecule has 3 rings (SSSR count). The lowest BCUT2D eigenvalue weighted by Crippen LogP contribution is -2.49. The monoisotopic (exact) mass is 320 g/mol. The fourth-order valence-corrected chi connectivity index (χ4v) is 2.65. The van der Waals surface area contributed by atoms with E-state index in [4.69, 9.17) is 0 Å². The van der Waals surface area contributed by atoms with Gasteiger partial charge in [0.25, 0.3) is 5.91 Å². The molecule has 2 aromatic carbocycles. The molecule has 120 valence electrons. The topological polar surface area (TPSA) is 23.6 Å². The molecular weight excluding hydrogens is 305 g/mol. The molecule has 2 aromatic rings. The summed E-state index contributed by atoms with van der Waals surface area (Å²) in [6.07, 6.45) is 0. The number of hydrogen-bond donors (Lipinski definition) is 0. The van der Waals surface area contributed by atoms with Crippen LogP contribution in [0.25, 0.3) is 0 Å². The zero-order valence-corrected chi connectivity index (χ0v) is 12.3. The van der Waals surface area contributed by atoms with Crippen molar-refractivity contribution < 1.29 is 18.0 Å². The molecule has 6 heteroatoms. The molecule has 0 atom stereocenters. The van der Waals surface area contributed by atoms with Crippen LogP contribution in [0, 0.1) is 17.5 Å². The smallest absolute Gasteiger partial charge is 0.256 e. The van der Waals surface area contributed by atoms with Crippen LogP contribution in [0.15, 0.2) is 42.5 Å². The Hall–Kier alpha value is -2.50. The average Bonchev–Trinajstić information content (AvgIpc) is 2.55. The van der Waals surface area contributed by atoms with Crippen molar-refractivity contribution in [2.45, 2.75) is 0 Å². The van der Waals surface area contributed by atoms with Gasteiger partial charge in [0.05, 0.1) is 5.56 Å². The van der Waals surface area contributed by atoms with E-state index in [2.05, 4.69) is 0 Å². The van der Waals surface area contributed by atoms with E-state index >= 15 is 0 Å². The fourth-order valence-electron chi connectivity index (χ4n) is 2.65. The first kappa shape index (κ1) is 15.4. The minimum atomic E-state index is -0.851. The van der Waals surface area contributed by atoms with E-state index in [9.17, 15) is 18.0 Å². The summed E-state index contributed by atoms with van der Waals surface area (Å²) in [6.45, 7) is 1.99. The Balaban J connectivity index is 1.66. The summed E-state index contributed by atoms with van der Waals surface area (Å²) in [5, 5.41) is 0. The van der Waals surface area contributed by atoms with Crippen molar-refractivity contribution in [2.75, 3.05) is 31.1 Å². The number of anilines is 1. The molecule has 1 heterocycles. The van der Waals surface area contributed by atoms with Crippen LogP contribution in [0.4, 0.5) is 18.9 Å². The van der Waals surface area contributed by atoms with Crippen LogP contribution in [-0.4, -0.2) is 37.0 Å². The summed E-state index contributed by atoms with van der Waals surface area (Å²) in [4.78, 5) is 15.9. The van der Waals surface area contributed by atoms with E-state index in [1.54, 1.807) is 12.1 Å². The molecule has 0 aliphatic carbocycles. The second-order valence-electron chi connectivity index (χ2n) is 5.38. The molecule has 0 aromatic heterocycles. The molecule has 0 unspecified atom stereocenters. The standard InChI is InChI=1S/C17H15F3N2O/c18-12-1-4-14(5-2-12)21-7-9-22(10-8-21)17(23)15-6-3-13(19)11-16(15)20/h1-6,11H,7-10H2. The third-order valence-corrected chi connectivity index (χ3v) is 3.92. The maximum atomic E-state index is 13.7. The van der Waals surface area contributed by atoms with Crippen LogP contribution in [0.5, 0.6) is 0 Å². The molecule has 1 saturated heterocycles. The Morgan fingerprint density at radius 1 is 0.826 bits per heavy atom. The first-order valence-electron chi connectivity index (χ1n) is 7.29. The Labute approximate surface area is 131 Å². The number of hydrogen-bond acceptors (Lipinski definition) is 2. The lowest BCUT2D eigenvalue weighted by atomic mass is 10.1. The largest absolute Gasteiger partial charge is 0.368 e. The predicted molar refractivity (Wildman–Crippen MR) is 80.9 cm³/mol. The highest BCUT2D eigenvalue weighted by molar-refractivity contribution is 5.94. The summed E-state index contributed by atoms with van der Waals surface area (Å²) < 4.78 is 39.6. The number of nitrogens with zero attached hydrogens (tertiary/aromatic N) is 2. The van der Waals surface area contributed by atoms with Gasteiger partial charge in [0, 0.05) is 37.9 Å². The van der Waals surface area contributed by atoms with Crippen LogP contribution >= 0.6 is 0 Å². The van der Waals surface area contributed by atoms with E-state index < -0.39 is 17.5 Å². The van der Waals surface area contributed by atoms with E-state index in [-0.39, 0.29) is 11.4 Å². The van der Waals surface area contributed by atoms with Gasteiger partial charge in [0.15, 0.2) is 0 Å². The number of amides is 1. The maximum absolute atomic E-state index is 13.7. The summed E-state index contributed by atoms with van der Waals surface area (Å²) in [7, 11) is 0. The van der Waals surface area contributed by atoms with Crippen molar-refractivity contribution in [2.24, 2.45) is 0 Å². The highest BCUT2D eigenvalue weighted by Gasteiger charge is 2.24. The van der Waals surface area contributed by atoms with E-state index in [0.29, 0.717) is 32.2 Å². The lowest BCUT2D eigenvalue weighted by molar-refractivity contribution is 0.0742. The molecule has 0 N–H and O–H groups in total. The number of piperazine rings is 1. The summed E-state index contributed by atoms with van der Waals surface area (Å²) in [5.74, 6) is -2.30. The lowest BCUT2D eigenvalue weighted by Gasteiger charge is -2.36. The molecule has 1 aliphatic rings. The third-order valence-electron chi connectivity index (χ3n) is 3.92. The summed E-state index contributed by atoms with van der Waals surface area (Å²) in [5.41, 5.74) is 0.757. The number of rotatable bonds is 2. The molecule has 1 aliphatic heterocycles. The van der Waals surface area contributed by atoms with E-state index in [1.165, 1.54) is 23.1 Å². The first-order chi connectivity index (χ1) is 11.0. The molecule has 0 saturated carbocycles. The normalized spacial score (nSPS) is 14.9. The van der Waals surface area contributed by atoms with Crippen molar-refractivity contribution in [3.63, 3.8) is 0 Å². The molecule has 0 spiro atoms. The van der Waals surface area contributed by atoms with E-state index in [0.717, 1.165) is 11.8 Å². The van der Waals surface area contributed by atoms with E-state index in [1.807, 2.05) is 4.90 Å². The van der Waals surface area contributed by atoms with Gasteiger partial charge in [-0.3, -0.25) is 4.79 Å². The van der Waals surface area contributed by atoms with Crippen molar-refractivity contribution >= 4 is 11.6 Å². The van der Waals surface area contributed by atoms with Gasteiger partial charge < -0.3 is 9.80 Å². The summed E-state index contributed by atoms with van der Waals surface area (Å²) >= 11 is 0. The van der Waals surface area contributed by atoms with Crippen LogP contribution in [0.2, 0.25) is 0 Å². The molecule has 3 nitrogen and oxygen atoms in total. The van der Waals surface area contributed by atoms with Crippen molar-refractivity contribution in [1.82, 2.24) is 4.90 Å². The van der Waals surface area contributed by atoms with Crippen LogP contribution in [0.1, 0.15) is 10.4 Å². The van der Waals surface area contributed by atoms with Crippen molar-refractivity contribution in [3.05, 3.63) is 65.5 Å². The Morgan fingerprint density at radius 2 is 1.43 bits per heavy atom. The first-order valence-corrected chi connectivity index (χ1v) is 7.29. The minimum absolute atomic E-state index is 0.123. The minimum Gasteiger partial charge on any atom is -0.368 e. The highest BCUT2D eigenvalue weighted by Crippen LogP contribution is 2.19. The Morgan fingerprint density at radius 3 is 2.04 bits per heavy atom. The fraction of sp³-hybridized carbons (Fsp3) is 0.235. The van der Waals surface area contributed by atoms with Gasteiger partial charge >= 0.3 is 0 Å². The number of carbonyl (C=O) groups excluding carboxylic acids is 1. The second kappa shape index (κ2) is 6.32. The highest BCUT2D eigenvalue weighted by atomic mass is 19.1. The molecular formula is C17H15F3N2O. The van der Waals surface area contributed by atoms with Gasteiger partial charge in [-0.15, -0.1) is 0 Å². The second-order valence-corrected chi connectivity index (χ2v) is 5.38. The van der Waals surface area contributed by atoms with Gasteiger partial charge in [0.1, 0.15) is 17.5 Å². The SMILES string of the molecule is O=C(c1ccc(F)cc1F)N1CCN(c2ccc(F)cc2)CC1. The Bertz CT molecular complexity index is 710. The van der Waals surface area contributed by atoms with Gasteiger partial charge in [-0.1, -0.05) is 0 Å². The molecule has 1 fully saturated rings. The van der Waals surface area contributed by atoms with Crippen LogP contribution < -0.4 is 4.90 Å². The van der Waals surface area contributed by atoms with Crippen LogP contribution in [0.3, 0.4) is 0 Å². The zero-order valence-electron chi connectivity index (χ0n) is 12.3. The van der Waals surface area contributed by atoms with Gasteiger partial charge in [-0.25, -0.2) is 13.2 Å². The Kier molecular flexibility index (Phi) is 4.23.